The minimum absolute atomic E-state index is 0.0209. The summed E-state index contributed by atoms with van der Waals surface area (Å²) in [5.74, 6) is -0.994. The summed E-state index contributed by atoms with van der Waals surface area (Å²) in [4.78, 5) is 26.9. The number of aryl methyl sites for hydroxylation is 1. The molecule has 1 fully saturated rings. The van der Waals surface area contributed by atoms with Crippen molar-refractivity contribution in [2.75, 3.05) is 4.90 Å². The van der Waals surface area contributed by atoms with Gasteiger partial charge in [-0.3, -0.25) is 19.8 Å². The number of carbonyl (C=O) groups excluding carboxylic acids is 2. The largest absolute Gasteiger partial charge is 0.347 e. The molecule has 140 valence electrons. The van der Waals surface area contributed by atoms with Gasteiger partial charge in [-0.2, -0.15) is 0 Å². The minimum atomic E-state index is -0.512. The highest BCUT2D eigenvalue weighted by molar-refractivity contribution is 7.80. The number of para-hydroxylation sites is 1. The summed E-state index contributed by atoms with van der Waals surface area (Å²) in [6.07, 6.45) is 3.56. The van der Waals surface area contributed by atoms with Crippen LogP contribution in [0.2, 0.25) is 5.02 Å². The summed E-state index contributed by atoms with van der Waals surface area (Å²) < 4.78 is 2.08. The van der Waals surface area contributed by atoms with Gasteiger partial charge >= 0.3 is 0 Å². The molecule has 0 spiro atoms. The van der Waals surface area contributed by atoms with Crippen molar-refractivity contribution >= 4 is 63.4 Å². The predicted octanol–water partition coefficient (Wildman–Crippen LogP) is 4.15. The van der Waals surface area contributed by atoms with E-state index < -0.39 is 11.8 Å². The van der Waals surface area contributed by atoms with Crippen LogP contribution in [0.3, 0.4) is 0 Å². The Balaban J connectivity index is 1.82. The number of nitrogens with zero attached hydrogens (tertiary/aromatic N) is 2. The molecule has 1 aliphatic rings. The normalized spacial score (nSPS) is 16.1. The molecule has 0 aliphatic carbocycles. The first-order chi connectivity index (χ1) is 13.5. The molecule has 0 bridgehead atoms. The Morgan fingerprint density at radius 1 is 1.14 bits per heavy atom. The molecule has 7 heteroatoms. The number of halogens is 1. The molecule has 28 heavy (non-hydrogen) atoms. The second-order valence-electron chi connectivity index (χ2n) is 6.33. The second-order valence-corrected chi connectivity index (χ2v) is 7.15. The summed E-state index contributed by atoms with van der Waals surface area (Å²) in [6, 6.07) is 14.6. The maximum absolute atomic E-state index is 13.1. The number of hydrogen-bond donors (Lipinski definition) is 1. The van der Waals surface area contributed by atoms with Gasteiger partial charge in [0.05, 0.1) is 5.69 Å². The van der Waals surface area contributed by atoms with Crippen LogP contribution < -0.4 is 10.2 Å². The molecule has 3 aromatic rings. The molecule has 0 atom stereocenters. The van der Waals surface area contributed by atoms with Crippen LogP contribution in [-0.2, 0) is 16.1 Å². The van der Waals surface area contributed by atoms with Gasteiger partial charge in [-0.25, -0.2) is 0 Å². The van der Waals surface area contributed by atoms with Crippen LogP contribution in [0.25, 0.3) is 17.0 Å². The average molecular weight is 410 g/mol. The van der Waals surface area contributed by atoms with Gasteiger partial charge in [0.15, 0.2) is 5.11 Å². The third-order valence-electron chi connectivity index (χ3n) is 4.63. The number of rotatable bonds is 3. The summed E-state index contributed by atoms with van der Waals surface area (Å²) in [5.41, 5.74) is 2.37. The quantitative estimate of drug-likeness (QED) is 0.401. The van der Waals surface area contributed by atoms with Crippen molar-refractivity contribution < 1.29 is 9.59 Å². The van der Waals surface area contributed by atoms with Crippen molar-refractivity contribution in [3.63, 3.8) is 0 Å². The predicted molar refractivity (Wildman–Crippen MR) is 115 cm³/mol. The second kappa shape index (κ2) is 7.22. The molecule has 2 heterocycles. The average Bonchev–Trinajstić information content (AvgIpc) is 3.03. The first kappa shape index (κ1) is 18.4. The number of nitrogens with one attached hydrogen (secondary N) is 1. The Hall–Kier alpha value is -2.96. The van der Waals surface area contributed by atoms with E-state index >= 15 is 0 Å². The maximum atomic E-state index is 13.1. The summed E-state index contributed by atoms with van der Waals surface area (Å²) in [5, 5.41) is 4.07. The van der Waals surface area contributed by atoms with Gasteiger partial charge in [0, 0.05) is 34.2 Å². The molecule has 0 unspecified atom stereocenters. The van der Waals surface area contributed by atoms with Crippen LogP contribution in [0.4, 0.5) is 5.69 Å². The monoisotopic (exact) mass is 409 g/mol. The lowest BCUT2D eigenvalue weighted by Gasteiger charge is -2.29. The summed E-state index contributed by atoms with van der Waals surface area (Å²) in [7, 11) is 0. The highest BCUT2D eigenvalue weighted by Crippen LogP contribution is 2.27. The topological polar surface area (TPSA) is 54.3 Å². The molecule has 5 nitrogen and oxygen atoms in total. The molecular formula is C21H16ClN3O2S. The SMILES string of the molecule is CCn1cc(/C=C2\C(=O)NC(=S)N(c3cccc(Cl)c3)C2=O)c2ccccc21. The van der Waals surface area contributed by atoms with E-state index in [1.165, 1.54) is 4.90 Å². The van der Waals surface area contributed by atoms with Crippen LogP contribution in [0, 0.1) is 0 Å². The molecule has 2 amide bonds. The van der Waals surface area contributed by atoms with Crippen molar-refractivity contribution in [3.05, 3.63) is 70.9 Å². The lowest BCUT2D eigenvalue weighted by molar-refractivity contribution is -0.122. The Morgan fingerprint density at radius 3 is 2.68 bits per heavy atom. The zero-order chi connectivity index (χ0) is 19.8. The van der Waals surface area contributed by atoms with Crippen LogP contribution >= 0.6 is 23.8 Å². The minimum Gasteiger partial charge on any atom is -0.347 e. The van der Waals surface area contributed by atoms with E-state index in [4.69, 9.17) is 23.8 Å². The fraction of sp³-hybridized carbons (Fsp3) is 0.0952. The van der Waals surface area contributed by atoms with Gasteiger partial charge < -0.3 is 4.57 Å². The number of hydrogen-bond acceptors (Lipinski definition) is 3. The highest BCUT2D eigenvalue weighted by Gasteiger charge is 2.34. The van der Waals surface area contributed by atoms with Crippen LogP contribution in [0.5, 0.6) is 0 Å². The van der Waals surface area contributed by atoms with E-state index in [0.29, 0.717) is 10.7 Å². The van der Waals surface area contributed by atoms with E-state index in [9.17, 15) is 9.59 Å². The number of aromatic nitrogens is 1. The molecular weight excluding hydrogens is 394 g/mol. The molecule has 1 N–H and O–H groups in total. The first-order valence-corrected chi connectivity index (χ1v) is 9.53. The number of carbonyl (C=O) groups is 2. The van der Waals surface area contributed by atoms with E-state index in [-0.39, 0.29) is 10.7 Å². The molecule has 1 saturated heterocycles. The van der Waals surface area contributed by atoms with Crippen LogP contribution in [-0.4, -0.2) is 21.5 Å². The molecule has 0 radical (unpaired) electrons. The van der Waals surface area contributed by atoms with Crippen molar-refractivity contribution in [2.45, 2.75) is 13.5 Å². The van der Waals surface area contributed by atoms with Gasteiger partial charge in [0.2, 0.25) is 0 Å². The Kier molecular flexibility index (Phi) is 4.75. The highest BCUT2D eigenvalue weighted by atomic mass is 35.5. The third-order valence-corrected chi connectivity index (χ3v) is 5.15. The van der Waals surface area contributed by atoms with Gasteiger partial charge in [-0.15, -0.1) is 0 Å². The third kappa shape index (κ3) is 3.10. The zero-order valence-electron chi connectivity index (χ0n) is 15.0. The van der Waals surface area contributed by atoms with Crippen molar-refractivity contribution in [1.82, 2.24) is 9.88 Å². The molecule has 1 aromatic heterocycles. The number of benzene rings is 2. The lowest BCUT2D eigenvalue weighted by Crippen LogP contribution is -2.54. The van der Waals surface area contributed by atoms with E-state index in [0.717, 1.165) is 23.0 Å². The van der Waals surface area contributed by atoms with Crippen molar-refractivity contribution in [1.29, 1.82) is 0 Å². The van der Waals surface area contributed by atoms with Gasteiger partial charge in [0.25, 0.3) is 11.8 Å². The van der Waals surface area contributed by atoms with Gasteiger partial charge in [0.1, 0.15) is 5.57 Å². The number of amides is 2. The van der Waals surface area contributed by atoms with Crippen molar-refractivity contribution in [3.8, 4) is 0 Å². The Bertz CT molecular complexity index is 1170. The molecule has 0 saturated carbocycles. The van der Waals surface area contributed by atoms with Crippen molar-refractivity contribution in [2.24, 2.45) is 0 Å². The summed E-state index contributed by atoms with van der Waals surface area (Å²) >= 11 is 11.3. The fourth-order valence-corrected chi connectivity index (χ4v) is 3.78. The summed E-state index contributed by atoms with van der Waals surface area (Å²) in [6.45, 7) is 2.82. The number of fused-ring (bicyclic) bond motifs is 1. The Morgan fingerprint density at radius 2 is 1.93 bits per heavy atom. The van der Waals surface area contributed by atoms with E-state index in [1.807, 2.05) is 37.4 Å². The Labute approximate surface area is 172 Å². The smallest absolute Gasteiger partial charge is 0.270 e. The van der Waals surface area contributed by atoms with Crippen LogP contribution in [0.1, 0.15) is 12.5 Å². The zero-order valence-corrected chi connectivity index (χ0v) is 16.6. The number of thiocarbonyl (C=S) groups is 1. The van der Waals surface area contributed by atoms with Gasteiger partial charge in [-0.1, -0.05) is 35.9 Å². The lowest BCUT2D eigenvalue weighted by atomic mass is 10.1. The maximum Gasteiger partial charge on any atom is 0.270 e. The number of anilines is 1. The standard InChI is InChI=1S/C21H16ClN3O2S/c1-2-24-12-13(16-8-3-4-9-18(16)24)10-17-19(26)23-21(28)25(20(17)27)15-7-5-6-14(22)11-15/h3-12H,2H2,1H3,(H,23,26,28)/b17-10+. The van der Waals surface area contributed by atoms with E-state index in [1.54, 1.807) is 30.3 Å². The fourth-order valence-electron chi connectivity index (χ4n) is 3.31. The molecule has 1 aliphatic heterocycles. The van der Waals surface area contributed by atoms with Crippen LogP contribution in [0.15, 0.2) is 60.3 Å². The molecule has 2 aromatic carbocycles. The molecule has 4 rings (SSSR count). The van der Waals surface area contributed by atoms with E-state index in [2.05, 4.69) is 9.88 Å². The first-order valence-electron chi connectivity index (χ1n) is 8.74. The van der Waals surface area contributed by atoms with Gasteiger partial charge in [-0.05, 0) is 49.5 Å².